The topological polar surface area (TPSA) is 68.0 Å². The lowest BCUT2D eigenvalue weighted by molar-refractivity contribution is -0.119. The van der Waals surface area contributed by atoms with Crippen LogP contribution in [0.4, 0.5) is 13.9 Å². The minimum absolute atomic E-state index is 0. The van der Waals surface area contributed by atoms with Crippen LogP contribution in [0, 0.1) is 17.6 Å². The Morgan fingerprint density at radius 3 is 2.65 bits per heavy atom. The molecule has 0 saturated carbocycles. The van der Waals surface area contributed by atoms with E-state index >= 15 is 0 Å². The zero-order valence-electron chi connectivity index (χ0n) is 12.7. The average Bonchev–Trinajstić information content (AvgIpc) is 2.89. The summed E-state index contributed by atoms with van der Waals surface area (Å²) in [5.41, 5.74) is 6.32. The maximum Gasteiger partial charge on any atom is 0.230 e. The second kappa shape index (κ2) is 8.33. The van der Waals surface area contributed by atoms with Crippen LogP contribution >= 0.6 is 23.7 Å². The molecule has 126 valence electrons. The van der Waals surface area contributed by atoms with E-state index in [1.807, 2.05) is 0 Å². The first kappa shape index (κ1) is 19.5. The molecular weight excluding hydrogens is 344 g/mol. The standard InChI is InChI=1S/C15H17F2N3OS.ClH/c1-8(9(2)18)14(21)20-15-19-7-11(22-15)5-10-3-4-12(16)13(17)6-10;/h3-4,6-9H,5,18H2,1-2H3,(H,19,20,21);1H. The average molecular weight is 362 g/mol. The number of hydrogen-bond donors (Lipinski definition) is 2. The molecule has 0 spiro atoms. The lowest BCUT2D eigenvalue weighted by Gasteiger charge is -2.13. The lowest BCUT2D eigenvalue weighted by atomic mass is 10.0. The van der Waals surface area contributed by atoms with Crippen LogP contribution in [0.3, 0.4) is 0 Å². The smallest absolute Gasteiger partial charge is 0.230 e. The second-order valence-corrected chi connectivity index (χ2v) is 6.31. The van der Waals surface area contributed by atoms with Gasteiger partial charge in [0.05, 0.1) is 5.92 Å². The Kier molecular flexibility index (Phi) is 7.05. The predicted octanol–water partition coefficient (Wildman–Crippen LogP) is 3.36. The van der Waals surface area contributed by atoms with Crippen LogP contribution in [-0.4, -0.2) is 16.9 Å². The molecule has 0 saturated heterocycles. The molecule has 2 unspecified atom stereocenters. The number of rotatable bonds is 5. The van der Waals surface area contributed by atoms with E-state index < -0.39 is 11.6 Å². The number of amides is 1. The molecule has 2 atom stereocenters. The van der Waals surface area contributed by atoms with Gasteiger partial charge < -0.3 is 11.1 Å². The molecule has 3 N–H and O–H groups in total. The van der Waals surface area contributed by atoms with Crippen LogP contribution in [-0.2, 0) is 11.2 Å². The monoisotopic (exact) mass is 361 g/mol. The number of thiazole rings is 1. The fourth-order valence-corrected chi connectivity index (χ4v) is 2.61. The molecule has 0 aliphatic heterocycles. The number of carbonyl (C=O) groups excluding carboxylic acids is 1. The molecule has 1 heterocycles. The van der Waals surface area contributed by atoms with E-state index in [9.17, 15) is 13.6 Å². The number of anilines is 1. The number of nitrogens with two attached hydrogens (primary N) is 1. The van der Waals surface area contributed by atoms with Gasteiger partial charge in [-0.3, -0.25) is 4.79 Å². The summed E-state index contributed by atoms with van der Waals surface area (Å²) < 4.78 is 26.1. The van der Waals surface area contributed by atoms with Gasteiger partial charge in [0.15, 0.2) is 16.8 Å². The molecule has 0 aliphatic carbocycles. The van der Waals surface area contributed by atoms with E-state index in [0.29, 0.717) is 17.1 Å². The summed E-state index contributed by atoms with van der Waals surface area (Å²) in [7, 11) is 0. The van der Waals surface area contributed by atoms with Crippen molar-refractivity contribution in [2.75, 3.05) is 5.32 Å². The number of benzene rings is 1. The molecule has 1 aromatic heterocycles. The first-order valence-electron chi connectivity index (χ1n) is 6.82. The van der Waals surface area contributed by atoms with Gasteiger partial charge in [0, 0.05) is 23.5 Å². The molecule has 4 nitrogen and oxygen atoms in total. The van der Waals surface area contributed by atoms with Gasteiger partial charge in [-0.05, 0) is 24.6 Å². The number of halogens is 3. The number of nitrogens with one attached hydrogen (secondary N) is 1. The van der Waals surface area contributed by atoms with Crippen molar-refractivity contribution in [2.24, 2.45) is 11.7 Å². The lowest BCUT2D eigenvalue weighted by Crippen LogP contribution is -2.34. The van der Waals surface area contributed by atoms with E-state index in [2.05, 4.69) is 10.3 Å². The summed E-state index contributed by atoms with van der Waals surface area (Å²) in [6, 6.07) is 3.53. The number of carbonyl (C=O) groups is 1. The van der Waals surface area contributed by atoms with Gasteiger partial charge in [0.2, 0.25) is 5.91 Å². The maximum absolute atomic E-state index is 13.2. The predicted molar refractivity (Wildman–Crippen MR) is 90.0 cm³/mol. The van der Waals surface area contributed by atoms with Gasteiger partial charge in [-0.2, -0.15) is 0 Å². The van der Waals surface area contributed by atoms with Crippen molar-refractivity contribution < 1.29 is 13.6 Å². The SMILES string of the molecule is CC(N)C(C)C(=O)Nc1ncc(Cc2ccc(F)c(F)c2)s1.Cl. The van der Waals surface area contributed by atoms with Crippen molar-refractivity contribution in [2.45, 2.75) is 26.3 Å². The van der Waals surface area contributed by atoms with Gasteiger partial charge in [-0.1, -0.05) is 13.0 Å². The van der Waals surface area contributed by atoms with Crippen molar-refractivity contribution in [3.63, 3.8) is 0 Å². The molecule has 0 bridgehead atoms. The number of hydrogen-bond acceptors (Lipinski definition) is 4. The third-order valence-corrected chi connectivity index (χ3v) is 4.26. The molecular formula is C15H18ClF2N3OS. The fourth-order valence-electron chi connectivity index (χ4n) is 1.76. The molecule has 8 heteroatoms. The molecule has 1 amide bonds. The molecule has 0 aliphatic rings. The Hall–Kier alpha value is -1.57. The normalized spacial score (nSPS) is 13.1. The Bertz CT molecular complexity index is 678. The maximum atomic E-state index is 13.2. The van der Waals surface area contributed by atoms with Crippen molar-refractivity contribution >= 4 is 34.8 Å². The van der Waals surface area contributed by atoms with Crippen molar-refractivity contribution in [3.8, 4) is 0 Å². The van der Waals surface area contributed by atoms with E-state index in [1.54, 1.807) is 20.0 Å². The molecule has 2 aromatic rings. The zero-order chi connectivity index (χ0) is 16.3. The molecule has 1 aromatic carbocycles. The minimum Gasteiger partial charge on any atom is -0.327 e. The van der Waals surface area contributed by atoms with E-state index in [-0.39, 0.29) is 30.3 Å². The fraction of sp³-hybridized carbons (Fsp3) is 0.333. The van der Waals surface area contributed by atoms with E-state index in [4.69, 9.17) is 5.73 Å². The van der Waals surface area contributed by atoms with Crippen LogP contribution in [0.1, 0.15) is 24.3 Å². The summed E-state index contributed by atoms with van der Waals surface area (Å²) in [6.07, 6.45) is 2.03. The Balaban J connectivity index is 0.00000264. The third-order valence-electron chi connectivity index (χ3n) is 3.35. The summed E-state index contributed by atoms with van der Waals surface area (Å²) in [4.78, 5) is 16.8. The third kappa shape index (κ3) is 5.23. The van der Waals surface area contributed by atoms with E-state index in [1.165, 1.54) is 17.4 Å². The summed E-state index contributed by atoms with van der Waals surface area (Å²) in [5.74, 6) is -2.26. The van der Waals surface area contributed by atoms with Crippen molar-refractivity contribution in [1.29, 1.82) is 0 Å². The largest absolute Gasteiger partial charge is 0.327 e. The summed E-state index contributed by atoms with van der Waals surface area (Å²) in [5, 5.41) is 3.17. The van der Waals surface area contributed by atoms with Crippen LogP contribution in [0.25, 0.3) is 0 Å². The van der Waals surface area contributed by atoms with Gasteiger partial charge in [0.25, 0.3) is 0 Å². The highest BCUT2D eigenvalue weighted by Crippen LogP contribution is 2.22. The highest BCUT2D eigenvalue weighted by atomic mass is 35.5. The highest BCUT2D eigenvalue weighted by Gasteiger charge is 2.18. The first-order chi connectivity index (χ1) is 10.4. The Labute approximate surface area is 143 Å². The van der Waals surface area contributed by atoms with Gasteiger partial charge in [-0.25, -0.2) is 13.8 Å². The van der Waals surface area contributed by atoms with Crippen LogP contribution < -0.4 is 11.1 Å². The second-order valence-electron chi connectivity index (χ2n) is 5.19. The quantitative estimate of drug-likeness (QED) is 0.858. The van der Waals surface area contributed by atoms with Gasteiger partial charge >= 0.3 is 0 Å². The molecule has 2 rings (SSSR count). The van der Waals surface area contributed by atoms with Crippen molar-refractivity contribution in [3.05, 3.63) is 46.5 Å². The molecule has 0 radical (unpaired) electrons. The molecule has 0 fully saturated rings. The Morgan fingerprint density at radius 2 is 2.04 bits per heavy atom. The van der Waals surface area contributed by atoms with E-state index in [0.717, 1.165) is 17.0 Å². The van der Waals surface area contributed by atoms with Crippen molar-refractivity contribution in [1.82, 2.24) is 4.98 Å². The van der Waals surface area contributed by atoms with Crippen LogP contribution in [0.15, 0.2) is 24.4 Å². The molecule has 23 heavy (non-hydrogen) atoms. The van der Waals surface area contributed by atoms with Gasteiger partial charge in [-0.15, -0.1) is 23.7 Å². The minimum atomic E-state index is -0.874. The summed E-state index contributed by atoms with van der Waals surface area (Å²) >= 11 is 1.30. The number of aromatic nitrogens is 1. The van der Waals surface area contributed by atoms with Gasteiger partial charge in [0.1, 0.15) is 0 Å². The number of nitrogens with zero attached hydrogens (tertiary/aromatic N) is 1. The summed E-state index contributed by atoms with van der Waals surface area (Å²) in [6.45, 7) is 3.51. The Morgan fingerprint density at radius 1 is 1.35 bits per heavy atom. The van der Waals surface area contributed by atoms with Crippen LogP contribution in [0.2, 0.25) is 0 Å². The van der Waals surface area contributed by atoms with Crippen LogP contribution in [0.5, 0.6) is 0 Å². The highest BCUT2D eigenvalue weighted by molar-refractivity contribution is 7.15. The first-order valence-corrected chi connectivity index (χ1v) is 7.63. The zero-order valence-corrected chi connectivity index (χ0v) is 14.3.